The Morgan fingerprint density at radius 2 is 1.39 bits per heavy atom. The van der Waals surface area contributed by atoms with Gasteiger partial charge in [-0.25, -0.2) is 13.2 Å². The molecule has 1 atom stereocenters. The zero-order valence-electron chi connectivity index (χ0n) is 9.80. The van der Waals surface area contributed by atoms with Crippen molar-refractivity contribution in [2.75, 3.05) is 0 Å². The van der Waals surface area contributed by atoms with Crippen molar-refractivity contribution in [3.63, 3.8) is 0 Å². The minimum absolute atomic E-state index is 0.201. The average molecular weight is 319 g/mol. The molecule has 0 heterocycles. The van der Waals surface area contributed by atoms with Crippen molar-refractivity contribution in [1.29, 1.82) is 0 Å². The molecule has 0 radical (unpaired) electrons. The van der Waals surface area contributed by atoms with E-state index in [1.165, 1.54) is 25.7 Å². The Kier molecular flexibility index (Phi) is 3.16. The van der Waals surface area contributed by atoms with Gasteiger partial charge in [0.2, 0.25) is 0 Å². The van der Waals surface area contributed by atoms with Gasteiger partial charge < -0.3 is 0 Å². The Labute approximate surface area is 113 Å². The van der Waals surface area contributed by atoms with E-state index < -0.39 is 17.5 Å². The molecule has 2 fully saturated rings. The second kappa shape index (κ2) is 4.55. The van der Waals surface area contributed by atoms with Gasteiger partial charge in [-0.2, -0.15) is 0 Å². The molecule has 2 aliphatic carbocycles. The predicted molar refractivity (Wildman–Crippen MR) is 66.9 cm³/mol. The monoisotopic (exact) mass is 318 g/mol. The molecule has 0 N–H and O–H groups in total. The molecule has 18 heavy (non-hydrogen) atoms. The molecule has 0 spiro atoms. The van der Waals surface area contributed by atoms with Gasteiger partial charge in [-0.1, -0.05) is 15.9 Å². The Morgan fingerprint density at radius 1 is 0.889 bits per heavy atom. The van der Waals surface area contributed by atoms with Crippen LogP contribution >= 0.6 is 15.9 Å². The summed E-state index contributed by atoms with van der Waals surface area (Å²) >= 11 is 3.51. The maximum Gasteiger partial charge on any atom is 0.161 e. The molecule has 0 bridgehead atoms. The van der Waals surface area contributed by atoms with Gasteiger partial charge in [0.15, 0.2) is 11.6 Å². The molecule has 3 rings (SSSR count). The molecule has 4 heteroatoms. The number of halogens is 4. The van der Waals surface area contributed by atoms with E-state index in [0.29, 0.717) is 23.8 Å². The van der Waals surface area contributed by atoms with Crippen LogP contribution in [0.3, 0.4) is 0 Å². The van der Waals surface area contributed by atoms with Crippen molar-refractivity contribution in [2.45, 2.75) is 30.5 Å². The highest BCUT2D eigenvalue weighted by molar-refractivity contribution is 9.09. The van der Waals surface area contributed by atoms with Gasteiger partial charge in [-0.15, -0.1) is 0 Å². The van der Waals surface area contributed by atoms with Crippen LogP contribution in [-0.2, 0) is 0 Å². The van der Waals surface area contributed by atoms with E-state index >= 15 is 0 Å². The summed E-state index contributed by atoms with van der Waals surface area (Å²) in [5.74, 6) is -1.14. The SMILES string of the molecule is Fc1cc(F)c(C(Br)C(C2CC2)C2CC2)cc1F. The third-order valence-electron chi connectivity index (χ3n) is 4.01. The Hall–Kier alpha value is -0.510. The molecule has 1 unspecified atom stereocenters. The van der Waals surface area contributed by atoms with Crippen molar-refractivity contribution in [3.8, 4) is 0 Å². The normalized spacial score (nSPS) is 21.4. The summed E-state index contributed by atoms with van der Waals surface area (Å²) < 4.78 is 40.0. The summed E-state index contributed by atoms with van der Waals surface area (Å²) in [5.41, 5.74) is 0.262. The van der Waals surface area contributed by atoms with Crippen LogP contribution in [0.1, 0.15) is 36.1 Å². The predicted octanol–water partition coefficient (Wildman–Crippen LogP) is 4.98. The largest absolute Gasteiger partial charge is 0.207 e. The lowest BCUT2D eigenvalue weighted by Gasteiger charge is -2.23. The molecule has 98 valence electrons. The van der Waals surface area contributed by atoms with Crippen molar-refractivity contribution < 1.29 is 13.2 Å². The van der Waals surface area contributed by atoms with Crippen LogP contribution in [0.4, 0.5) is 13.2 Å². The van der Waals surface area contributed by atoms with Gasteiger partial charge in [0.25, 0.3) is 0 Å². The van der Waals surface area contributed by atoms with Crippen LogP contribution < -0.4 is 0 Å². The van der Waals surface area contributed by atoms with Crippen LogP contribution in [0, 0.1) is 35.2 Å². The third-order valence-corrected chi connectivity index (χ3v) is 5.11. The van der Waals surface area contributed by atoms with E-state index in [1.807, 2.05) is 0 Å². The van der Waals surface area contributed by atoms with Crippen LogP contribution in [-0.4, -0.2) is 0 Å². The molecule has 2 aliphatic rings. The van der Waals surface area contributed by atoms with E-state index in [9.17, 15) is 13.2 Å². The lowest BCUT2D eigenvalue weighted by molar-refractivity contribution is 0.390. The molecule has 0 aliphatic heterocycles. The van der Waals surface area contributed by atoms with E-state index in [1.54, 1.807) is 0 Å². The summed E-state index contributed by atoms with van der Waals surface area (Å²) in [6.45, 7) is 0. The van der Waals surface area contributed by atoms with Crippen LogP contribution in [0.2, 0.25) is 0 Å². The second-order valence-electron chi connectivity index (χ2n) is 5.44. The van der Waals surface area contributed by atoms with E-state index in [4.69, 9.17) is 0 Å². The Morgan fingerprint density at radius 3 is 1.89 bits per heavy atom. The standard InChI is InChI=1S/C14H14BrF3/c15-14(13(7-1-2-7)8-3-4-8)9-5-11(17)12(18)6-10(9)16/h5-8,13-14H,1-4H2. The quantitative estimate of drug-likeness (QED) is 0.542. The first-order valence-corrected chi connectivity index (χ1v) is 7.28. The fourth-order valence-corrected chi connectivity index (χ4v) is 4.00. The second-order valence-corrected chi connectivity index (χ2v) is 6.43. The molecule has 2 saturated carbocycles. The summed E-state index contributed by atoms with van der Waals surface area (Å²) in [6.07, 6.45) is 4.70. The summed E-state index contributed by atoms with van der Waals surface area (Å²) in [5, 5.41) is 0. The molecule has 0 amide bonds. The van der Waals surface area contributed by atoms with Crippen molar-refractivity contribution in [2.24, 2.45) is 17.8 Å². The van der Waals surface area contributed by atoms with Gasteiger partial charge in [0.05, 0.1) is 0 Å². The molecular formula is C14H14BrF3. The zero-order chi connectivity index (χ0) is 12.9. The van der Waals surface area contributed by atoms with E-state index in [0.717, 1.165) is 6.07 Å². The van der Waals surface area contributed by atoms with E-state index in [2.05, 4.69) is 15.9 Å². The molecule has 1 aromatic rings. The van der Waals surface area contributed by atoms with Gasteiger partial charge in [0.1, 0.15) is 5.82 Å². The number of alkyl halides is 1. The van der Waals surface area contributed by atoms with Crippen molar-refractivity contribution >= 4 is 15.9 Å². The Balaban J connectivity index is 1.90. The third kappa shape index (κ3) is 2.31. The van der Waals surface area contributed by atoms with Crippen LogP contribution in [0.25, 0.3) is 0 Å². The maximum absolute atomic E-state index is 13.8. The number of hydrogen-bond acceptors (Lipinski definition) is 0. The Bertz CT molecular complexity index is 454. The highest BCUT2D eigenvalue weighted by Crippen LogP contribution is 2.56. The lowest BCUT2D eigenvalue weighted by atomic mass is 9.90. The first kappa shape index (κ1) is 12.5. The van der Waals surface area contributed by atoms with Gasteiger partial charge in [-0.05, 0) is 49.5 Å². The van der Waals surface area contributed by atoms with Crippen LogP contribution in [0.5, 0.6) is 0 Å². The zero-order valence-corrected chi connectivity index (χ0v) is 11.4. The highest BCUT2D eigenvalue weighted by Gasteiger charge is 2.45. The van der Waals surface area contributed by atoms with E-state index in [-0.39, 0.29) is 10.4 Å². The van der Waals surface area contributed by atoms with Crippen LogP contribution in [0.15, 0.2) is 12.1 Å². The highest BCUT2D eigenvalue weighted by atomic mass is 79.9. The van der Waals surface area contributed by atoms with Gasteiger partial charge >= 0.3 is 0 Å². The minimum atomic E-state index is -1.12. The summed E-state index contributed by atoms with van der Waals surface area (Å²) in [6, 6.07) is 1.65. The minimum Gasteiger partial charge on any atom is -0.207 e. The molecule has 0 aromatic heterocycles. The molecule has 1 aromatic carbocycles. The van der Waals surface area contributed by atoms with Gasteiger partial charge in [0, 0.05) is 16.5 Å². The fourth-order valence-electron chi connectivity index (χ4n) is 2.78. The number of rotatable bonds is 4. The van der Waals surface area contributed by atoms with Crippen molar-refractivity contribution in [1.82, 2.24) is 0 Å². The summed E-state index contributed by atoms with van der Waals surface area (Å²) in [7, 11) is 0. The fraction of sp³-hybridized carbons (Fsp3) is 0.571. The smallest absolute Gasteiger partial charge is 0.161 e. The molecule has 0 saturated heterocycles. The number of benzene rings is 1. The van der Waals surface area contributed by atoms with Gasteiger partial charge in [-0.3, -0.25) is 0 Å². The van der Waals surface area contributed by atoms with Crippen molar-refractivity contribution in [3.05, 3.63) is 35.1 Å². The maximum atomic E-state index is 13.8. The lowest BCUT2D eigenvalue weighted by Crippen LogP contribution is -2.14. The number of hydrogen-bond donors (Lipinski definition) is 0. The first-order chi connectivity index (χ1) is 8.58. The molecule has 0 nitrogen and oxygen atoms in total. The summed E-state index contributed by atoms with van der Waals surface area (Å²) in [4.78, 5) is -0.201. The molecular weight excluding hydrogens is 305 g/mol. The topological polar surface area (TPSA) is 0 Å². The average Bonchev–Trinajstić information content (AvgIpc) is 3.16. The first-order valence-electron chi connectivity index (χ1n) is 6.36.